The van der Waals surface area contributed by atoms with Crippen LogP contribution in [-0.4, -0.2) is 48.9 Å². The molecular weight excluding hydrogens is 409 g/mol. The molecule has 2 aliphatic rings. The van der Waals surface area contributed by atoms with Crippen molar-refractivity contribution in [2.24, 2.45) is 5.92 Å². The van der Waals surface area contributed by atoms with Gasteiger partial charge < -0.3 is 20.0 Å². The van der Waals surface area contributed by atoms with Gasteiger partial charge in [0.25, 0.3) is 5.91 Å². The fraction of sp³-hybridized carbons (Fsp3) is 0.455. The largest absolute Gasteiger partial charge is 0.451 e. The van der Waals surface area contributed by atoms with Gasteiger partial charge in [0, 0.05) is 19.6 Å². The van der Waals surface area contributed by atoms with Crippen molar-refractivity contribution in [2.45, 2.75) is 31.7 Å². The first-order valence-electron chi connectivity index (χ1n) is 10.3. The molecule has 4 rings (SSSR count). The number of rotatable bonds is 5. The Labute approximate surface area is 181 Å². The summed E-state index contributed by atoms with van der Waals surface area (Å²) in [4.78, 5) is 26.8. The molecule has 2 aromatic rings. The molecule has 0 aliphatic carbocycles. The Hall–Kier alpha value is -2.38. The van der Waals surface area contributed by atoms with Gasteiger partial charge in [-0.3, -0.25) is 9.59 Å². The molecule has 1 aromatic carbocycles. The number of benzene rings is 1. The third kappa shape index (κ3) is 5.02. The lowest BCUT2D eigenvalue weighted by atomic mass is 9.97. The first-order valence-corrected chi connectivity index (χ1v) is 10.3. The van der Waals surface area contributed by atoms with E-state index in [1.54, 1.807) is 35.2 Å². The molecule has 2 aliphatic heterocycles. The first-order chi connectivity index (χ1) is 14.1. The summed E-state index contributed by atoms with van der Waals surface area (Å²) in [6.07, 6.45) is 3.77. The number of piperidine rings is 1. The summed E-state index contributed by atoms with van der Waals surface area (Å²) in [5.74, 6) is 0.248. The Bertz CT molecular complexity index is 882. The van der Waals surface area contributed by atoms with Crippen LogP contribution < -0.4 is 10.6 Å². The van der Waals surface area contributed by atoms with Crippen molar-refractivity contribution in [3.05, 3.63) is 48.0 Å². The van der Waals surface area contributed by atoms with Crippen molar-refractivity contribution in [3.63, 3.8) is 0 Å². The van der Waals surface area contributed by atoms with Gasteiger partial charge in [-0.2, -0.15) is 0 Å². The average Bonchev–Trinajstić information content (AvgIpc) is 3.44. The number of carbonyl (C=O) groups excluding carboxylic acids is 2. The summed E-state index contributed by atoms with van der Waals surface area (Å²) in [6.45, 7) is 2.69. The maximum absolute atomic E-state index is 14.0. The molecule has 0 bridgehead atoms. The van der Waals surface area contributed by atoms with E-state index >= 15 is 0 Å². The van der Waals surface area contributed by atoms with Crippen molar-refractivity contribution in [2.75, 3.05) is 26.2 Å². The fourth-order valence-corrected chi connectivity index (χ4v) is 4.11. The van der Waals surface area contributed by atoms with Gasteiger partial charge in [0.2, 0.25) is 5.91 Å². The number of hydrogen-bond acceptors (Lipinski definition) is 4. The molecule has 162 valence electrons. The molecule has 2 fully saturated rings. The summed E-state index contributed by atoms with van der Waals surface area (Å²) < 4.78 is 19.6. The first kappa shape index (κ1) is 22.3. The Morgan fingerprint density at radius 1 is 1.17 bits per heavy atom. The SMILES string of the molecule is Cl.O=C(NCC1CCCN(C(=O)c2ccc(-c3ccccc3F)o2)C1)C1CCCN1. The molecule has 0 radical (unpaired) electrons. The van der Waals surface area contributed by atoms with Crippen molar-refractivity contribution in [1.29, 1.82) is 0 Å². The molecule has 6 nitrogen and oxygen atoms in total. The molecule has 2 saturated heterocycles. The third-order valence-electron chi connectivity index (χ3n) is 5.70. The van der Waals surface area contributed by atoms with Crippen LogP contribution in [0, 0.1) is 11.7 Å². The Kier molecular flexibility index (Phi) is 7.50. The maximum atomic E-state index is 14.0. The van der Waals surface area contributed by atoms with E-state index in [1.165, 1.54) is 6.07 Å². The van der Waals surface area contributed by atoms with Crippen LogP contribution in [-0.2, 0) is 4.79 Å². The normalized spacial score (nSPS) is 21.2. The Balaban J connectivity index is 0.00000256. The van der Waals surface area contributed by atoms with E-state index in [9.17, 15) is 14.0 Å². The van der Waals surface area contributed by atoms with Crippen LogP contribution >= 0.6 is 12.4 Å². The van der Waals surface area contributed by atoms with Gasteiger partial charge in [-0.15, -0.1) is 12.4 Å². The maximum Gasteiger partial charge on any atom is 0.289 e. The number of furan rings is 1. The summed E-state index contributed by atoms with van der Waals surface area (Å²) in [6, 6.07) is 9.47. The lowest BCUT2D eigenvalue weighted by Gasteiger charge is -2.32. The van der Waals surface area contributed by atoms with E-state index in [-0.39, 0.29) is 47.8 Å². The monoisotopic (exact) mass is 435 g/mol. The average molecular weight is 436 g/mol. The second kappa shape index (κ2) is 10.1. The van der Waals surface area contributed by atoms with Crippen LogP contribution in [0.3, 0.4) is 0 Å². The Morgan fingerprint density at radius 3 is 2.77 bits per heavy atom. The third-order valence-corrected chi connectivity index (χ3v) is 5.70. The van der Waals surface area contributed by atoms with E-state index < -0.39 is 0 Å². The second-order valence-electron chi connectivity index (χ2n) is 7.80. The lowest BCUT2D eigenvalue weighted by Crippen LogP contribution is -2.46. The number of carbonyl (C=O) groups is 2. The molecule has 3 heterocycles. The number of nitrogens with zero attached hydrogens (tertiary/aromatic N) is 1. The molecule has 8 heteroatoms. The summed E-state index contributed by atoms with van der Waals surface area (Å²) in [5.41, 5.74) is 0.339. The molecule has 0 spiro atoms. The predicted octanol–water partition coefficient (Wildman–Crippen LogP) is 3.23. The summed E-state index contributed by atoms with van der Waals surface area (Å²) >= 11 is 0. The van der Waals surface area contributed by atoms with Gasteiger partial charge in [0.05, 0.1) is 11.6 Å². The molecule has 2 unspecified atom stereocenters. The van der Waals surface area contributed by atoms with Gasteiger partial charge in [-0.25, -0.2) is 4.39 Å². The zero-order valence-electron chi connectivity index (χ0n) is 16.7. The number of amides is 2. The van der Waals surface area contributed by atoms with E-state index in [0.717, 1.165) is 32.2 Å². The van der Waals surface area contributed by atoms with Crippen LogP contribution in [0.25, 0.3) is 11.3 Å². The highest BCUT2D eigenvalue weighted by atomic mass is 35.5. The van der Waals surface area contributed by atoms with Crippen LogP contribution in [0.15, 0.2) is 40.8 Å². The highest BCUT2D eigenvalue weighted by Crippen LogP contribution is 2.26. The van der Waals surface area contributed by atoms with E-state index in [1.807, 2.05) is 0 Å². The zero-order valence-corrected chi connectivity index (χ0v) is 17.6. The second-order valence-corrected chi connectivity index (χ2v) is 7.80. The number of likely N-dealkylation sites (tertiary alicyclic amines) is 1. The molecule has 2 N–H and O–H groups in total. The van der Waals surface area contributed by atoms with Crippen molar-refractivity contribution >= 4 is 24.2 Å². The number of hydrogen-bond donors (Lipinski definition) is 2. The topological polar surface area (TPSA) is 74.6 Å². The van der Waals surface area contributed by atoms with Gasteiger partial charge in [-0.1, -0.05) is 12.1 Å². The molecule has 0 saturated carbocycles. The van der Waals surface area contributed by atoms with Gasteiger partial charge in [0.15, 0.2) is 5.76 Å². The minimum Gasteiger partial charge on any atom is -0.451 e. The molecular formula is C22H27ClFN3O3. The van der Waals surface area contributed by atoms with Crippen LogP contribution in [0.1, 0.15) is 36.2 Å². The molecule has 2 atom stereocenters. The van der Waals surface area contributed by atoms with Gasteiger partial charge in [-0.05, 0) is 62.4 Å². The van der Waals surface area contributed by atoms with E-state index in [2.05, 4.69) is 10.6 Å². The zero-order chi connectivity index (χ0) is 20.2. The van der Waals surface area contributed by atoms with Crippen molar-refractivity contribution in [3.8, 4) is 11.3 Å². The van der Waals surface area contributed by atoms with E-state index in [4.69, 9.17) is 4.42 Å². The standard InChI is InChI=1S/C22H26FN3O3.ClH/c23-17-7-2-1-6-16(17)19-9-10-20(29-19)22(28)26-12-4-5-15(14-26)13-25-21(27)18-8-3-11-24-18;/h1-2,6-7,9-10,15,18,24H,3-5,8,11-14H2,(H,25,27);1H. The summed E-state index contributed by atoms with van der Waals surface area (Å²) in [5, 5.41) is 6.22. The van der Waals surface area contributed by atoms with E-state index in [0.29, 0.717) is 31.0 Å². The smallest absolute Gasteiger partial charge is 0.289 e. The highest BCUT2D eigenvalue weighted by Gasteiger charge is 2.28. The molecule has 1 aromatic heterocycles. The quantitative estimate of drug-likeness (QED) is 0.756. The Morgan fingerprint density at radius 2 is 2.00 bits per heavy atom. The summed E-state index contributed by atoms with van der Waals surface area (Å²) in [7, 11) is 0. The minimum atomic E-state index is -0.383. The van der Waals surface area contributed by atoms with Crippen molar-refractivity contribution in [1.82, 2.24) is 15.5 Å². The predicted molar refractivity (Wildman–Crippen MR) is 114 cm³/mol. The van der Waals surface area contributed by atoms with Gasteiger partial charge in [0.1, 0.15) is 11.6 Å². The minimum absolute atomic E-state index is 0. The molecule has 2 amide bonds. The number of nitrogens with one attached hydrogen (secondary N) is 2. The van der Waals surface area contributed by atoms with Gasteiger partial charge >= 0.3 is 0 Å². The van der Waals surface area contributed by atoms with Crippen LogP contribution in [0.4, 0.5) is 4.39 Å². The molecule has 30 heavy (non-hydrogen) atoms. The fourth-order valence-electron chi connectivity index (χ4n) is 4.11. The van der Waals surface area contributed by atoms with Crippen molar-refractivity contribution < 1.29 is 18.4 Å². The lowest BCUT2D eigenvalue weighted by molar-refractivity contribution is -0.123. The van der Waals surface area contributed by atoms with Crippen LogP contribution in [0.2, 0.25) is 0 Å². The number of halogens is 2. The highest BCUT2D eigenvalue weighted by molar-refractivity contribution is 5.92. The van der Waals surface area contributed by atoms with Crippen LogP contribution in [0.5, 0.6) is 0 Å².